The van der Waals surface area contributed by atoms with Crippen molar-refractivity contribution in [2.75, 3.05) is 6.54 Å². The zero-order valence-corrected chi connectivity index (χ0v) is 13.3. The maximum absolute atomic E-state index is 4.66. The number of pyridine rings is 1. The van der Waals surface area contributed by atoms with Crippen molar-refractivity contribution in [3.05, 3.63) is 36.3 Å². The lowest BCUT2D eigenvalue weighted by molar-refractivity contribution is 0.223. The van der Waals surface area contributed by atoms with Gasteiger partial charge in [-0.15, -0.1) is 0 Å². The second-order valence-corrected chi connectivity index (χ2v) is 7.11. The van der Waals surface area contributed by atoms with E-state index < -0.39 is 0 Å². The van der Waals surface area contributed by atoms with Crippen molar-refractivity contribution in [3.63, 3.8) is 0 Å². The van der Waals surface area contributed by atoms with Gasteiger partial charge in [-0.2, -0.15) is 0 Å². The van der Waals surface area contributed by atoms with Crippen LogP contribution in [-0.2, 0) is 6.54 Å². The molecule has 0 unspecified atom stereocenters. The maximum Gasteiger partial charge on any atom is 0.137 e. The molecule has 114 valence electrons. The lowest BCUT2D eigenvalue weighted by atomic mass is 9.78. The Labute approximate surface area is 127 Å². The van der Waals surface area contributed by atoms with Crippen molar-refractivity contribution >= 4 is 5.65 Å². The number of imidazole rings is 1. The number of nitrogens with zero attached hydrogens (tertiary/aromatic N) is 2. The topological polar surface area (TPSA) is 29.3 Å². The zero-order chi connectivity index (χ0) is 14.7. The molecule has 3 heteroatoms. The van der Waals surface area contributed by atoms with E-state index in [4.69, 9.17) is 0 Å². The Morgan fingerprint density at radius 3 is 2.81 bits per heavy atom. The molecule has 0 saturated heterocycles. The van der Waals surface area contributed by atoms with Crippen molar-refractivity contribution in [1.82, 2.24) is 14.7 Å². The van der Waals surface area contributed by atoms with Crippen LogP contribution >= 0.6 is 0 Å². The molecule has 1 saturated carbocycles. The van der Waals surface area contributed by atoms with Gasteiger partial charge in [-0.25, -0.2) is 4.98 Å². The van der Waals surface area contributed by atoms with Crippen LogP contribution in [0, 0.1) is 11.3 Å². The van der Waals surface area contributed by atoms with Crippen LogP contribution in [0.5, 0.6) is 0 Å². The third-order valence-corrected chi connectivity index (χ3v) is 4.73. The molecule has 2 heterocycles. The van der Waals surface area contributed by atoms with E-state index in [0.29, 0.717) is 5.41 Å². The van der Waals surface area contributed by atoms with E-state index in [9.17, 15) is 0 Å². The molecule has 0 bridgehead atoms. The second kappa shape index (κ2) is 6.18. The first-order valence-corrected chi connectivity index (χ1v) is 8.30. The van der Waals surface area contributed by atoms with Gasteiger partial charge in [0.1, 0.15) is 5.65 Å². The summed E-state index contributed by atoms with van der Waals surface area (Å²) >= 11 is 0. The molecule has 1 fully saturated rings. The van der Waals surface area contributed by atoms with Gasteiger partial charge < -0.3 is 9.72 Å². The molecule has 3 rings (SSSR count). The van der Waals surface area contributed by atoms with Crippen LogP contribution in [0.1, 0.15) is 51.6 Å². The molecule has 2 aromatic rings. The highest BCUT2D eigenvalue weighted by Crippen LogP contribution is 2.42. The molecule has 1 aliphatic carbocycles. The standard InChI is InChI=1S/C18H27N3/c1-15(2)11-18(8-4-5-9-18)14-19-12-16-13-21-10-6-3-7-17(21)20-16/h3,6-7,10,13,15,19H,4-5,8-9,11-12,14H2,1-2H3. The third-order valence-electron chi connectivity index (χ3n) is 4.73. The van der Waals surface area contributed by atoms with Crippen LogP contribution in [0.25, 0.3) is 5.65 Å². The van der Waals surface area contributed by atoms with Crippen molar-refractivity contribution in [1.29, 1.82) is 0 Å². The molecular weight excluding hydrogens is 258 g/mol. The van der Waals surface area contributed by atoms with E-state index in [-0.39, 0.29) is 0 Å². The Morgan fingerprint density at radius 2 is 2.10 bits per heavy atom. The van der Waals surface area contributed by atoms with Gasteiger partial charge >= 0.3 is 0 Å². The lowest BCUT2D eigenvalue weighted by Crippen LogP contribution is -2.33. The molecule has 0 radical (unpaired) electrons. The second-order valence-electron chi connectivity index (χ2n) is 7.11. The van der Waals surface area contributed by atoms with Gasteiger partial charge in [0.25, 0.3) is 0 Å². The van der Waals surface area contributed by atoms with E-state index in [1.54, 1.807) is 0 Å². The van der Waals surface area contributed by atoms with Crippen molar-refractivity contribution in [3.8, 4) is 0 Å². The summed E-state index contributed by atoms with van der Waals surface area (Å²) in [6, 6.07) is 6.14. The van der Waals surface area contributed by atoms with Crippen molar-refractivity contribution in [2.24, 2.45) is 11.3 Å². The number of hydrogen-bond donors (Lipinski definition) is 1. The molecule has 3 nitrogen and oxygen atoms in total. The Hall–Kier alpha value is -1.35. The fourth-order valence-corrected chi connectivity index (χ4v) is 3.97. The SMILES string of the molecule is CC(C)CC1(CNCc2cn3ccccc3n2)CCCC1. The summed E-state index contributed by atoms with van der Waals surface area (Å²) < 4.78 is 2.09. The minimum absolute atomic E-state index is 0.535. The molecule has 21 heavy (non-hydrogen) atoms. The fraction of sp³-hybridized carbons (Fsp3) is 0.611. The molecule has 0 aromatic carbocycles. The summed E-state index contributed by atoms with van der Waals surface area (Å²) in [4.78, 5) is 4.66. The van der Waals surface area contributed by atoms with Gasteiger partial charge in [-0.05, 0) is 42.7 Å². The Bertz CT molecular complexity index is 546. The first-order valence-electron chi connectivity index (χ1n) is 8.30. The van der Waals surface area contributed by atoms with Crippen LogP contribution in [0.3, 0.4) is 0 Å². The maximum atomic E-state index is 4.66. The quantitative estimate of drug-likeness (QED) is 0.868. The molecule has 0 atom stereocenters. The predicted octanol–water partition coefficient (Wildman–Crippen LogP) is 4.03. The van der Waals surface area contributed by atoms with Gasteiger partial charge in [0.2, 0.25) is 0 Å². The predicted molar refractivity (Wildman–Crippen MR) is 87.3 cm³/mol. The molecular formula is C18H27N3. The van der Waals surface area contributed by atoms with Crippen LogP contribution < -0.4 is 5.32 Å². The Kier molecular flexibility index (Phi) is 4.29. The zero-order valence-electron chi connectivity index (χ0n) is 13.3. The smallest absolute Gasteiger partial charge is 0.137 e. The van der Waals surface area contributed by atoms with Crippen molar-refractivity contribution in [2.45, 2.75) is 52.5 Å². The third kappa shape index (κ3) is 3.46. The number of aromatic nitrogens is 2. The Balaban J connectivity index is 1.59. The van der Waals surface area contributed by atoms with Crippen LogP contribution in [0.2, 0.25) is 0 Å². The highest BCUT2D eigenvalue weighted by molar-refractivity contribution is 5.39. The van der Waals surface area contributed by atoms with Gasteiger partial charge in [0.05, 0.1) is 5.69 Å². The Morgan fingerprint density at radius 1 is 1.29 bits per heavy atom. The number of hydrogen-bond acceptors (Lipinski definition) is 2. The van der Waals surface area contributed by atoms with E-state index in [2.05, 4.69) is 47.0 Å². The van der Waals surface area contributed by atoms with Crippen LogP contribution in [0.15, 0.2) is 30.6 Å². The van der Waals surface area contributed by atoms with E-state index in [0.717, 1.165) is 30.3 Å². The minimum Gasteiger partial charge on any atom is -0.311 e. The van der Waals surface area contributed by atoms with E-state index in [1.807, 2.05) is 12.1 Å². The molecule has 0 aliphatic heterocycles. The van der Waals surface area contributed by atoms with Crippen LogP contribution in [-0.4, -0.2) is 15.9 Å². The number of nitrogens with one attached hydrogen (secondary N) is 1. The summed E-state index contributed by atoms with van der Waals surface area (Å²) in [5.74, 6) is 0.792. The fourth-order valence-electron chi connectivity index (χ4n) is 3.97. The molecule has 0 amide bonds. The van der Waals surface area contributed by atoms with Crippen molar-refractivity contribution < 1.29 is 0 Å². The monoisotopic (exact) mass is 285 g/mol. The summed E-state index contributed by atoms with van der Waals surface area (Å²) in [6.45, 7) is 6.71. The molecule has 0 spiro atoms. The number of rotatable bonds is 6. The van der Waals surface area contributed by atoms with E-state index in [1.165, 1.54) is 32.1 Å². The van der Waals surface area contributed by atoms with Gasteiger partial charge in [-0.3, -0.25) is 0 Å². The highest BCUT2D eigenvalue weighted by Gasteiger charge is 2.33. The summed E-state index contributed by atoms with van der Waals surface area (Å²) in [5.41, 5.74) is 2.71. The highest BCUT2D eigenvalue weighted by atomic mass is 15.0. The first-order chi connectivity index (χ1) is 10.2. The average Bonchev–Trinajstić information content (AvgIpc) is 3.04. The van der Waals surface area contributed by atoms with Gasteiger partial charge in [0, 0.05) is 25.5 Å². The first kappa shape index (κ1) is 14.6. The average molecular weight is 285 g/mol. The molecule has 1 N–H and O–H groups in total. The normalized spacial score (nSPS) is 17.9. The van der Waals surface area contributed by atoms with Crippen LogP contribution in [0.4, 0.5) is 0 Å². The largest absolute Gasteiger partial charge is 0.311 e. The molecule has 2 aromatic heterocycles. The van der Waals surface area contributed by atoms with Gasteiger partial charge in [0.15, 0.2) is 0 Å². The minimum atomic E-state index is 0.535. The lowest BCUT2D eigenvalue weighted by Gasteiger charge is -2.31. The summed E-state index contributed by atoms with van der Waals surface area (Å²) in [5, 5.41) is 3.67. The molecule has 1 aliphatic rings. The summed E-state index contributed by atoms with van der Waals surface area (Å²) in [6.07, 6.45) is 11.1. The summed E-state index contributed by atoms with van der Waals surface area (Å²) in [7, 11) is 0. The van der Waals surface area contributed by atoms with Gasteiger partial charge in [-0.1, -0.05) is 32.8 Å². The van der Waals surface area contributed by atoms with E-state index >= 15 is 0 Å². The number of fused-ring (bicyclic) bond motifs is 1.